The molecule has 2 aromatic carbocycles. The summed E-state index contributed by atoms with van der Waals surface area (Å²) in [6.07, 6.45) is 2.33. The quantitative estimate of drug-likeness (QED) is 0.397. The number of carbonyl (C=O) groups excluding carboxylic acids is 1. The Morgan fingerprint density at radius 2 is 1.89 bits per heavy atom. The van der Waals surface area contributed by atoms with Gasteiger partial charge in [-0.25, -0.2) is 14.3 Å². The summed E-state index contributed by atoms with van der Waals surface area (Å²) in [7, 11) is 3.53. The van der Waals surface area contributed by atoms with Crippen LogP contribution in [-0.2, 0) is 17.8 Å². The van der Waals surface area contributed by atoms with E-state index in [1.807, 2.05) is 18.2 Å². The molecule has 3 heterocycles. The lowest BCUT2D eigenvalue weighted by Gasteiger charge is -2.29. The molecule has 1 amide bonds. The van der Waals surface area contributed by atoms with Gasteiger partial charge in [-0.2, -0.15) is 9.97 Å². The van der Waals surface area contributed by atoms with Gasteiger partial charge < -0.3 is 16.0 Å². The van der Waals surface area contributed by atoms with Crippen molar-refractivity contribution in [3.05, 3.63) is 74.3 Å². The Bertz CT molecular complexity index is 1570. The number of rotatable bonds is 5. The molecule has 0 fully saturated rings. The number of fused-ring (bicyclic) bond motifs is 2. The van der Waals surface area contributed by atoms with Gasteiger partial charge in [-0.15, -0.1) is 0 Å². The lowest BCUT2D eigenvalue weighted by Crippen LogP contribution is -2.39. The topological polar surface area (TPSA) is 122 Å². The van der Waals surface area contributed by atoms with E-state index in [2.05, 4.69) is 25.2 Å². The number of para-hydroxylation sites is 1. The van der Waals surface area contributed by atoms with E-state index >= 15 is 0 Å². The molecule has 0 atom stereocenters. The first-order valence-corrected chi connectivity index (χ1v) is 12.3. The smallest absolute Gasteiger partial charge is 0.355 e. The van der Waals surface area contributed by atoms with Crippen LogP contribution in [0, 0.1) is 0 Å². The fourth-order valence-electron chi connectivity index (χ4n) is 4.27. The molecule has 190 valence electrons. The number of likely N-dealkylation sites (N-methyl/N-ethyl adjacent to an activating group) is 1. The summed E-state index contributed by atoms with van der Waals surface area (Å²) in [4.78, 5) is 41.5. The van der Waals surface area contributed by atoms with Gasteiger partial charge in [-0.05, 0) is 41.8 Å². The van der Waals surface area contributed by atoms with Gasteiger partial charge in [0.2, 0.25) is 11.9 Å². The molecule has 0 saturated carbocycles. The van der Waals surface area contributed by atoms with Crippen molar-refractivity contribution < 1.29 is 4.79 Å². The number of hydrogen-bond acceptors (Lipinski definition) is 8. The van der Waals surface area contributed by atoms with E-state index in [0.717, 1.165) is 23.2 Å². The van der Waals surface area contributed by atoms with E-state index in [1.54, 1.807) is 37.2 Å². The average molecular weight is 539 g/mol. The zero-order valence-electron chi connectivity index (χ0n) is 20.2. The molecule has 0 saturated heterocycles. The number of halogens is 2. The number of nitrogens with one attached hydrogen (secondary N) is 1. The molecule has 1 aliphatic heterocycles. The molecular weight excluding hydrogens is 515 g/mol. The molecule has 12 heteroatoms. The Morgan fingerprint density at radius 3 is 2.62 bits per heavy atom. The summed E-state index contributed by atoms with van der Waals surface area (Å²) in [6.45, 7) is 1.91. The number of anilines is 3. The minimum atomic E-state index is -0.657. The molecule has 0 bridgehead atoms. The minimum absolute atomic E-state index is 0.0858. The van der Waals surface area contributed by atoms with Crippen LogP contribution in [0.3, 0.4) is 0 Å². The molecule has 5 rings (SSSR count). The van der Waals surface area contributed by atoms with Crippen molar-refractivity contribution in [2.75, 3.05) is 38.2 Å². The van der Waals surface area contributed by atoms with Crippen molar-refractivity contribution in [3.63, 3.8) is 0 Å². The molecule has 4 aromatic rings. The van der Waals surface area contributed by atoms with Gasteiger partial charge in [0.25, 0.3) is 0 Å². The highest BCUT2D eigenvalue weighted by Crippen LogP contribution is 2.31. The number of nitrogen functional groups attached to an aromatic ring is 1. The Kier molecular flexibility index (Phi) is 6.72. The highest BCUT2D eigenvalue weighted by molar-refractivity contribution is 6.37. The molecule has 0 radical (unpaired) electrons. The van der Waals surface area contributed by atoms with Crippen LogP contribution >= 0.6 is 23.2 Å². The zero-order valence-corrected chi connectivity index (χ0v) is 21.7. The van der Waals surface area contributed by atoms with Gasteiger partial charge >= 0.3 is 5.69 Å². The number of hydrogen-bond donors (Lipinski definition) is 2. The van der Waals surface area contributed by atoms with Gasteiger partial charge in [-0.1, -0.05) is 35.3 Å². The van der Waals surface area contributed by atoms with E-state index < -0.39 is 5.69 Å². The molecule has 0 unspecified atom stereocenters. The Balaban J connectivity index is 1.40. The van der Waals surface area contributed by atoms with Gasteiger partial charge in [0, 0.05) is 39.1 Å². The Hall–Kier alpha value is -3.73. The zero-order chi connectivity index (χ0) is 26.3. The van der Waals surface area contributed by atoms with Crippen LogP contribution in [0.1, 0.15) is 11.1 Å². The summed E-state index contributed by atoms with van der Waals surface area (Å²) in [5.74, 6) is 0.454. The summed E-state index contributed by atoms with van der Waals surface area (Å²) in [6, 6.07) is 10.9. The number of nitrogens with two attached hydrogens (primary N) is 1. The van der Waals surface area contributed by atoms with Crippen LogP contribution in [0.4, 0.5) is 17.5 Å². The number of amides is 1. The molecular formula is C25H24Cl2N8O2. The third kappa shape index (κ3) is 4.95. The third-order valence-corrected chi connectivity index (χ3v) is 6.86. The molecule has 3 N–H and O–H groups in total. The fraction of sp³-hybridized carbons (Fsp3) is 0.240. The standard InChI is InChI=1S/C25H24Cl2N8O2/c1-33(2)20(36)13-34-9-8-14-10-16(7-6-15(14)12-34)30-24-29-11-17-22(28)35(25(37)32-23(17)31-24)21-18(26)4-3-5-19(21)27/h3-7,10-11H,8-9,12-13,28H2,1-2H3,(H,30,31,32,37). The van der Waals surface area contributed by atoms with E-state index in [1.165, 1.54) is 17.3 Å². The van der Waals surface area contributed by atoms with Crippen LogP contribution in [0.2, 0.25) is 10.0 Å². The van der Waals surface area contributed by atoms with Crippen molar-refractivity contribution in [2.45, 2.75) is 13.0 Å². The molecule has 10 nitrogen and oxygen atoms in total. The number of aromatic nitrogens is 4. The summed E-state index contributed by atoms with van der Waals surface area (Å²) in [5, 5.41) is 4.10. The van der Waals surface area contributed by atoms with Crippen molar-refractivity contribution in [1.29, 1.82) is 0 Å². The highest BCUT2D eigenvalue weighted by Gasteiger charge is 2.20. The molecule has 1 aliphatic rings. The highest BCUT2D eigenvalue weighted by atomic mass is 35.5. The lowest BCUT2D eigenvalue weighted by molar-refractivity contribution is -0.130. The van der Waals surface area contributed by atoms with Crippen LogP contribution in [0.5, 0.6) is 0 Å². The SMILES string of the molecule is CN(C)C(=O)CN1CCc2cc(Nc3ncc4c(N)n(-c5c(Cl)cccc5Cl)c(=O)nc4n3)ccc2C1. The predicted molar refractivity (Wildman–Crippen MR) is 145 cm³/mol. The molecule has 37 heavy (non-hydrogen) atoms. The summed E-state index contributed by atoms with van der Waals surface area (Å²) >= 11 is 12.6. The summed E-state index contributed by atoms with van der Waals surface area (Å²) in [5.41, 5.74) is 9.23. The maximum Gasteiger partial charge on any atom is 0.355 e. The molecule has 2 aromatic heterocycles. The van der Waals surface area contributed by atoms with Crippen molar-refractivity contribution >= 4 is 57.6 Å². The Morgan fingerprint density at radius 1 is 1.14 bits per heavy atom. The normalized spacial score (nSPS) is 13.4. The van der Waals surface area contributed by atoms with Crippen molar-refractivity contribution in [3.8, 4) is 5.69 Å². The average Bonchev–Trinajstić information content (AvgIpc) is 2.85. The fourth-order valence-corrected chi connectivity index (χ4v) is 4.83. The molecule has 0 aliphatic carbocycles. The molecule has 0 spiro atoms. The largest absolute Gasteiger partial charge is 0.384 e. The summed E-state index contributed by atoms with van der Waals surface area (Å²) < 4.78 is 1.16. The van der Waals surface area contributed by atoms with Crippen molar-refractivity contribution in [2.24, 2.45) is 0 Å². The second-order valence-electron chi connectivity index (χ2n) is 8.97. The second kappa shape index (κ2) is 9.97. The lowest BCUT2D eigenvalue weighted by atomic mass is 9.99. The minimum Gasteiger partial charge on any atom is -0.384 e. The van der Waals surface area contributed by atoms with E-state index in [4.69, 9.17) is 28.9 Å². The maximum absolute atomic E-state index is 12.9. The Labute approximate surface area is 222 Å². The van der Waals surface area contributed by atoms with Gasteiger partial charge in [0.15, 0.2) is 5.65 Å². The van der Waals surface area contributed by atoms with E-state index in [-0.39, 0.29) is 39.1 Å². The predicted octanol–water partition coefficient (Wildman–Crippen LogP) is 3.25. The van der Waals surface area contributed by atoms with Crippen LogP contribution in [0.15, 0.2) is 47.4 Å². The van der Waals surface area contributed by atoms with E-state index in [0.29, 0.717) is 18.5 Å². The van der Waals surface area contributed by atoms with Gasteiger partial charge in [0.05, 0.1) is 27.7 Å². The monoisotopic (exact) mass is 538 g/mol. The first kappa shape index (κ1) is 24.9. The second-order valence-corrected chi connectivity index (χ2v) is 9.79. The van der Waals surface area contributed by atoms with Crippen LogP contribution in [0.25, 0.3) is 16.7 Å². The first-order valence-electron chi connectivity index (χ1n) is 11.5. The van der Waals surface area contributed by atoms with Gasteiger partial charge in [-0.3, -0.25) is 9.69 Å². The van der Waals surface area contributed by atoms with Gasteiger partial charge in [0.1, 0.15) is 5.82 Å². The number of benzene rings is 2. The maximum atomic E-state index is 12.9. The van der Waals surface area contributed by atoms with E-state index in [9.17, 15) is 9.59 Å². The van der Waals surface area contributed by atoms with Crippen molar-refractivity contribution in [1.82, 2.24) is 29.3 Å². The first-order chi connectivity index (χ1) is 17.7. The number of nitrogens with zero attached hydrogens (tertiary/aromatic N) is 6. The number of carbonyl (C=O) groups is 1. The third-order valence-electron chi connectivity index (χ3n) is 6.25. The van der Waals surface area contributed by atoms with Crippen LogP contribution < -0.4 is 16.7 Å². The van der Waals surface area contributed by atoms with Crippen LogP contribution in [-0.4, -0.2) is 62.4 Å².